The number of fused-ring (bicyclic) bond motifs is 2. The molecule has 0 aromatic heterocycles. The second-order valence-corrected chi connectivity index (χ2v) is 9.76. The molecule has 0 aliphatic carbocycles. The summed E-state index contributed by atoms with van der Waals surface area (Å²) >= 11 is 1.64. The predicted molar refractivity (Wildman–Crippen MR) is 101 cm³/mol. The van der Waals surface area contributed by atoms with Gasteiger partial charge in [0, 0.05) is 17.5 Å². The third-order valence-corrected chi connectivity index (χ3v) is 7.04. The molecule has 0 saturated carbocycles. The summed E-state index contributed by atoms with van der Waals surface area (Å²) < 4.78 is 35.0. The molecule has 1 aromatic rings. The van der Waals surface area contributed by atoms with Gasteiger partial charge in [-0.3, -0.25) is 4.99 Å². The van der Waals surface area contributed by atoms with E-state index in [4.69, 9.17) is 14.5 Å². The first-order valence-electron chi connectivity index (χ1n) is 8.16. The summed E-state index contributed by atoms with van der Waals surface area (Å²) in [6.45, 7) is 4.34. The van der Waals surface area contributed by atoms with Crippen LogP contribution >= 0.6 is 11.8 Å². The molecule has 3 aliphatic heterocycles. The molecule has 8 heteroatoms. The molecule has 0 bridgehead atoms. The fourth-order valence-electron chi connectivity index (χ4n) is 3.25. The molecule has 3 aliphatic rings. The van der Waals surface area contributed by atoms with Gasteiger partial charge in [-0.2, -0.15) is 0 Å². The first-order valence-corrected chi connectivity index (χ1v) is 11.0. The van der Waals surface area contributed by atoms with E-state index in [2.05, 4.69) is 24.8 Å². The van der Waals surface area contributed by atoms with Gasteiger partial charge in [0.1, 0.15) is 0 Å². The Hall–Kier alpha value is -1.67. The van der Waals surface area contributed by atoms with E-state index in [0.717, 1.165) is 16.6 Å². The van der Waals surface area contributed by atoms with E-state index in [0.29, 0.717) is 11.5 Å². The van der Waals surface area contributed by atoms with Gasteiger partial charge in [-0.1, -0.05) is 23.4 Å². The highest BCUT2D eigenvalue weighted by Crippen LogP contribution is 2.40. The summed E-state index contributed by atoms with van der Waals surface area (Å²) in [4.78, 5) is 6.78. The fourth-order valence-corrected chi connectivity index (χ4v) is 6.25. The predicted octanol–water partition coefficient (Wildman–Crippen LogP) is 2.46. The van der Waals surface area contributed by atoms with Gasteiger partial charge in [-0.15, -0.1) is 0 Å². The van der Waals surface area contributed by atoms with Crippen LogP contribution in [0, 0.1) is 0 Å². The van der Waals surface area contributed by atoms with Crippen LogP contribution in [0.4, 0.5) is 5.69 Å². The van der Waals surface area contributed by atoms with Crippen LogP contribution in [0.2, 0.25) is 0 Å². The van der Waals surface area contributed by atoms with Crippen molar-refractivity contribution in [2.75, 3.05) is 29.0 Å². The van der Waals surface area contributed by atoms with Crippen molar-refractivity contribution in [3.8, 4) is 11.5 Å². The first-order chi connectivity index (χ1) is 11.9. The minimum atomic E-state index is -3.04. The SMILES string of the molecule is CC(C)=CCSC1=N[C@H]2CS(=O)(=O)C[C@H]2N1c1ccc2c(c1)OCO2. The maximum Gasteiger partial charge on any atom is 0.231 e. The number of benzene rings is 1. The zero-order valence-electron chi connectivity index (χ0n) is 14.1. The van der Waals surface area contributed by atoms with Crippen LogP contribution in [0.5, 0.6) is 11.5 Å². The lowest BCUT2D eigenvalue weighted by Gasteiger charge is -2.26. The maximum atomic E-state index is 12.1. The largest absolute Gasteiger partial charge is 0.454 e. The lowest BCUT2D eigenvalue weighted by Crippen LogP contribution is -2.39. The average molecular weight is 380 g/mol. The Morgan fingerprint density at radius 1 is 1.32 bits per heavy atom. The molecular weight excluding hydrogens is 360 g/mol. The van der Waals surface area contributed by atoms with Crippen molar-refractivity contribution in [3.05, 3.63) is 29.8 Å². The highest BCUT2D eigenvalue weighted by atomic mass is 32.2. The van der Waals surface area contributed by atoms with Crippen molar-refractivity contribution in [1.29, 1.82) is 0 Å². The van der Waals surface area contributed by atoms with Crippen LogP contribution in [0.15, 0.2) is 34.8 Å². The molecule has 2 atom stereocenters. The van der Waals surface area contributed by atoms with E-state index < -0.39 is 9.84 Å². The number of nitrogens with zero attached hydrogens (tertiary/aromatic N) is 2. The van der Waals surface area contributed by atoms with Crippen LogP contribution in [0.3, 0.4) is 0 Å². The van der Waals surface area contributed by atoms with E-state index in [1.54, 1.807) is 11.8 Å². The lowest BCUT2D eigenvalue weighted by molar-refractivity contribution is 0.174. The molecule has 3 heterocycles. The third-order valence-electron chi connectivity index (χ3n) is 4.45. The summed E-state index contributed by atoms with van der Waals surface area (Å²) in [5.74, 6) is 2.49. The molecule has 0 N–H and O–H groups in total. The number of ether oxygens (including phenoxy) is 2. The Balaban J connectivity index is 1.66. The van der Waals surface area contributed by atoms with Crippen LogP contribution in [-0.2, 0) is 9.84 Å². The average Bonchev–Trinajstić information content (AvgIpc) is 3.17. The summed E-state index contributed by atoms with van der Waals surface area (Å²) in [7, 11) is -3.04. The van der Waals surface area contributed by atoms with E-state index >= 15 is 0 Å². The van der Waals surface area contributed by atoms with Gasteiger partial charge in [0.25, 0.3) is 0 Å². The molecule has 1 fully saturated rings. The van der Waals surface area contributed by atoms with Crippen LogP contribution in [0.25, 0.3) is 0 Å². The molecule has 25 heavy (non-hydrogen) atoms. The van der Waals surface area contributed by atoms with Gasteiger partial charge in [-0.05, 0) is 26.0 Å². The number of hydrogen-bond acceptors (Lipinski definition) is 7. The van der Waals surface area contributed by atoms with Crippen LogP contribution in [0.1, 0.15) is 13.8 Å². The Morgan fingerprint density at radius 2 is 2.12 bits per heavy atom. The fraction of sp³-hybridized carbons (Fsp3) is 0.471. The van der Waals surface area contributed by atoms with Gasteiger partial charge in [0.2, 0.25) is 6.79 Å². The normalized spacial score (nSPS) is 25.7. The number of allylic oxidation sites excluding steroid dienone is 1. The van der Waals surface area contributed by atoms with E-state index in [1.807, 2.05) is 18.2 Å². The number of anilines is 1. The Morgan fingerprint density at radius 3 is 2.92 bits per heavy atom. The number of amidine groups is 1. The van der Waals surface area contributed by atoms with Crippen molar-refractivity contribution in [2.45, 2.75) is 25.9 Å². The van der Waals surface area contributed by atoms with E-state index in [1.165, 1.54) is 5.57 Å². The van der Waals surface area contributed by atoms with Crippen LogP contribution < -0.4 is 14.4 Å². The van der Waals surface area contributed by atoms with E-state index in [9.17, 15) is 8.42 Å². The number of thioether (sulfide) groups is 1. The number of hydrogen-bond donors (Lipinski definition) is 0. The minimum Gasteiger partial charge on any atom is -0.454 e. The van der Waals surface area contributed by atoms with Gasteiger partial charge < -0.3 is 14.4 Å². The van der Waals surface area contributed by atoms with Gasteiger partial charge in [0.15, 0.2) is 26.5 Å². The van der Waals surface area contributed by atoms with Crippen LogP contribution in [-0.4, -0.2) is 49.7 Å². The Kier molecular flexibility index (Phi) is 4.19. The van der Waals surface area contributed by atoms with Gasteiger partial charge >= 0.3 is 0 Å². The Bertz CT molecular complexity index is 859. The van der Waals surface area contributed by atoms with Crippen molar-refractivity contribution in [1.82, 2.24) is 0 Å². The topological polar surface area (TPSA) is 68.2 Å². The smallest absolute Gasteiger partial charge is 0.231 e. The summed E-state index contributed by atoms with van der Waals surface area (Å²) in [5.41, 5.74) is 2.15. The number of rotatable bonds is 3. The van der Waals surface area contributed by atoms with Crippen molar-refractivity contribution >= 4 is 32.5 Å². The molecule has 0 unspecified atom stereocenters. The van der Waals surface area contributed by atoms with Crippen molar-refractivity contribution in [2.24, 2.45) is 4.99 Å². The molecule has 4 rings (SSSR count). The molecule has 1 aromatic carbocycles. The van der Waals surface area contributed by atoms with Crippen molar-refractivity contribution in [3.63, 3.8) is 0 Å². The quantitative estimate of drug-likeness (QED) is 0.751. The zero-order valence-corrected chi connectivity index (χ0v) is 15.8. The standard InChI is InChI=1S/C17H20N2O4S2/c1-11(2)5-6-24-17-18-13-8-25(20,21)9-14(13)19(17)12-3-4-15-16(7-12)23-10-22-15/h3-5,7,13-14H,6,8-10H2,1-2H3/t13-,14+/m0/s1. The molecule has 1 saturated heterocycles. The second-order valence-electron chi connectivity index (χ2n) is 6.62. The molecule has 0 radical (unpaired) electrons. The van der Waals surface area contributed by atoms with Crippen molar-refractivity contribution < 1.29 is 17.9 Å². The summed E-state index contributed by atoms with van der Waals surface area (Å²) in [6, 6.07) is 5.39. The minimum absolute atomic E-state index is 0.130. The second kappa shape index (κ2) is 6.25. The first kappa shape index (κ1) is 16.8. The zero-order chi connectivity index (χ0) is 17.6. The van der Waals surface area contributed by atoms with E-state index in [-0.39, 0.29) is 30.4 Å². The molecule has 6 nitrogen and oxygen atoms in total. The highest BCUT2D eigenvalue weighted by molar-refractivity contribution is 8.14. The number of aliphatic imine (C=N–C) groups is 1. The van der Waals surface area contributed by atoms with Gasteiger partial charge in [-0.25, -0.2) is 8.42 Å². The summed E-state index contributed by atoms with van der Waals surface area (Å²) in [5, 5.41) is 0.876. The lowest BCUT2D eigenvalue weighted by atomic mass is 10.1. The number of sulfone groups is 1. The molecular formula is C17H20N2O4S2. The molecule has 0 spiro atoms. The Labute approximate surface area is 151 Å². The van der Waals surface area contributed by atoms with Gasteiger partial charge in [0.05, 0.1) is 23.6 Å². The monoisotopic (exact) mass is 380 g/mol. The highest BCUT2D eigenvalue weighted by Gasteiger charge is 2.47. The summed E-state index contributed by atoms with van der Waals surface area (Å²) in [6.07, 6.45) is 2.15. The molecule has 0 amide bonds. The maximum absolute atomic E-state index is 12.1. The third kappa shape index (κ3) is 3.25. The molecule has 134 valence electrons.